The molecule has 4 heteroatoms. The first kappa shape index (κ1) is 21.0. The van der Waals surface area contributed by atoms with Crippen molar-refractivity contribution in [1.82, 2.24) is 0 Å². The summed E-state index contributed by atoms with van der Waals surface area (Å²) in [4.78, 5) is 13.2. The fraction of sp³-hybridized carbons (Fsp3) is 0.300. The minimum Gasteiger partial charge on any atom is -0.497 e. The molecule has 3 aromatic carbocycles. The van der Waals surface area contributed by atoms with Crippen LogP contribution in [0.5, 0.6) is 11.5 Å². The van der Waals surface area contributed by atoms with E-state index in [1.807, 2.05) is 48.5 Å². The highest BCUT2D eigenvalue weighted by Crippen LogP contribution is 2.59. The molecule has 0 spiro atoms. The number of carbonyl (C=O) groups excluding carboxylic acids is 1. The van der Waals surface area contributed by atoms with Crippen molar-refractivity contribution in [3.05, 3.63) is 96.1 Å². The molecule has 0 bridgehead atoms. The van der Waals surface area contributed by atoms with Gasteiger partial charge in [0.1, 0.15) is 23.7 Å². The van der Waals surface area contributed by atoms with Crippen LogP contribution in [0, 0.1) is 5.92 Å². The van der Waals surface area contributed by atoms with Crippen LogP contribution in [-0.2, 0) is 16.6 Å². The molecular weight excluding hydrogens is 424 g/mol. The molecule has 0 unspecified atom stereocenters. The van der Waals surface area contributed by atoms with Crippen molar-refractivity contribution in [2.45, 2.75) is 43.3 Å². The van der Waals surface area contributed by atoms with Gasteiger partial charge >= 0.3 is 5.97 Å². The Bertz CT molecular complexity index is 1250. The number of hydrogen-bond donors (Lipinski definition) is 0. The van der Waals surface area contributed by atoms with Gasteiger partial charge in [0, 0.05) is 11.6 Å². The quantitative estimate of drug-likeness (QED) is 0.345. The number of benzene rings is 3. The van der Waals surface area contributed by atoms with Gasteiger partial charge in [-0.15, -0.1) is 6.58 Å². The summed E-state index contributed by atoms with van der Waals surface area (Å²) in [6.07, 6.45) is 5.32. The number of aryl methyl sites for hydroxylation is 1. The van der Waals surface area contributed by atoms with Gasteiger partial charge < -0.3 is 14.2 Å². The van der Waals surface area contributed by atoms with Crippen molar-refractivity contribution in [3.63, 3.8) is 0 Å². The summed E-state index contributed by atoms with van der Waals surface area (Å²) in [6.45, 7) is 4.24. The van der Waals surface area contributed by atoms with Crippen LogP contribution >= 0.6 is 0 Å². The van der Waals surface area contributed by atoms with E-state index >= 15 is 0 Å². The first-order valence-electron chi connectivity index (χ1n) is 12.0. The molecule has 6 rings (SSSR count). The number of esters is 1. The summed E-state index contributed by atoms with van der Waals surface area (Å²) >= 11 is 0. The van der Waals surface area contributed by atoms with Gasteiger partial charge in [-0.25, -0.2) is 4.79 Å². The molecule has 3 aromatic rings. The molecule has 2 aliphatic carbocycles. The van der Waals surface area contributed by atoms with E-state index in [1.54, 1.807) is 7.11 Å². The number of hydrogen-bond acceptors (Lipinski definition) is 4. The van der Waals surface area contributed by atoms with Crippen molar-refractivity contribution in [3.8, 4) is 22.6 Å². The molecule has 0 radical (unpaired) electrons. The lowest BCUT2D eigenvalue weighted by Crippen LogP contribution is -2.55. The van der Waals surface area contributed by atoms with Gasteiger partial charge in [-0.1, -0.05) is 48.5 Å². The van der Waals surface area contributed by atoms with Crippen LogP contribution in [0.3, 0.4) is 0 Å². The van der Waals surface area contributed by atoms with E-state index in [0.717, 1.165) is 48.3 Å². The Kier molecular flexibility index (Phi) is 4.98. The Balaban J connectivity index is 1.28. The third-order valence-corrected chi connectivity index (χ3v) is 7.95. The second-order valence-electron chi connectivity index (χ2n) is 9.54. The molecular formula is C30H28O4. The van der Waals surface area contributed by atoms with Gasteiger partial charge in [-0.2, -0.15) is 0 Å². The lowest BCUT2D eigenvalue weighted by molar-refractivity contribution is -0.0559. The first-order chi connectivity index (χ1) is 16.6. The molecule has 1 fully saturated rings. The van der Waals surface area contributed by atoms with Crippen molar-refractivity contribution in [2.75, 3.05) is 7.11 Å². The topological polar surface area (TPSA) is 44.8 Å². The summed E-state index contributed by atoms with van der Waals surface area (Å²) in [5, 5.41) is 0. The zero-order valence-corrected chi connectivity index (χ0v) is 19.3. The molecule has 1 heterocycles. The molecule has 4 atom stereocenters. The lowest BCUT2D eigenvalue weighted by atomic mass is 9.56. The van der Waals surface area contributed by atoms with Crippen molar-refractivity contribution >= 4 is 5.97 Å². The molecule has 1 aliphatic heterocycles. The highest BCUT2D eigenvalue weighted by Gasteiger charge is 2.60. The molecule has 4 nitrogen and oxygen atoms in total. The summed E-state index contributed by atoms with van der Waals surface area (Å²) in [5.74, 6) is 1.78. The summed E-state index contributed by atoms with van der Waals surface area (Å²) in [5.41, 5.74) is 4.90. The Hall–Kier alpha value is -3.53. The number of methoxy groups -OCH3 is 1. The Morgan fingerprint density at radius 2 is 1.79 bits per heavy atom. The summed E-state index contributed by atoms with van der Waals surface area (Å²) in [6, 6.07) is 21.8. The van der Waals surface area contributed by atoms with E-state index < -0.39 is 0 Å². The first-order valence-corrected chi connectivity index (χ1v) is 12.0. The molecule has 172 valence electrons. The number of ether oxygens (including phenoxy) is 3. The van der Waals surface area contributed by atoms with Crippen LogP contribution in [0.2, 0.25) is 0 Å². The molecule has 0 N–H and O–H groups in total. The van der Waals surface area contributed by atoms with Crippen molar-refractivity contribution < 1.29 is 19.0 Å². The summed E-state index contributed by atoms with van der Waals surface area (Å²) < 4.78 is 18.2. The molecule has 1 saturated carbocycles. The SMILES string of the molecule is C=C[C@@]12c3c4cc(OC)cc3O[C@H]1[C@@H](OC(=O)c1ccc(-c3ccccc3)cc1)CC[C@@H]2CC4. The van der Waals surface area contributed by atoms with Crippen LogP contribution in [0.4, 0.5) is 0 Å². The minimum absolute atomic E-state index is 0.266. The van der Waals surface area contributed by atoms with Gasteiger partial charge in [0.15, 0.2) is 0 Å². The second-order valence-corrected chi connectivity index (χ2v) is 9.54. The van der Waals surface area contributed by atoms with Gasteiger partial charge in [0.2, 0.25) is 0 Å². The highest BCUT2D eigenvalue weighted by molar-refractivity contribution is 5.90. The van der Waals surface area contributed by atoms with E-state index in [1.165, 1.54) is 11.1 Å². The Morgan fingerprint density at radius 1 is 1.03 bits per heavy atom. The average molecular weight is 453 g/mol. The van der Waals surface area contributed by atoms with Crippen LogP contribution in [0.15, 0.2) is 79.4 Å². The fourth-order valence-corrected chi connectivity index (χ4v) is 6.35. The Labute approximate surface area is 200 Å². The van der Waals surface area contributed by atoms with Gasteiger partial charge in [0.25, 0.3) is 0 Å². The molecule has 0 aromatic heterocycles. The molecule has 0 amide bonds. The number of rotatable bonds is 5. The third-order valence-electron chi connectivity index (χ3n) is 7.95. The van der Waals surface area contributed by atoms with E-state index in [-0.39, 0.29) is 23.6 Å². The predicted octanol–water partition coefficient (Wildman–Crippen LogP) is 6.13. The van der Waals surface area contributed by atoms with Gasteiger partial charge in [0.05, 0.1) is 18.1 Å². The maximum atomic E-state index is 13.2. The molecule has 34 heavy (non-hydrogen) atoms. The van der Waals surface area contributed by atoms with Gasteiger partial charge in [-0.05, 0) is 66.5 Å². The standard InChI is InChI=1S/C30H28O4/c1-3-30-23-14-13-22-17-24(32-2)18-26(27(22)30)33-28(30)25(16-15-23)34-29(31)21-11-9-20(10-12-21)19-7-5-4-6-8-19/h3-12,17-18,23,25,28H,1,13-16H2,2H3/t23-,25-,28-,30+/m0/s1. The zero-order valence-electron chi connectivity index (χ0n) is 19.3. The largest absolute Gasteiger partial charge is 0.497 e. The predicted molar refractivity (Wildman–Crippen MR) is 131 cm³/mol. The van der Waals surface area contributed by atoms with E-state index in [9.17, 15) is 4.79 Å². The van der Waals surface area contributed by atoms with Crippen LogP contribution < -0.4 is 9.47 Å². The van der Waals surface area contributed by atoms with E-state index in [0.29, 0.717) is 11.5 Å². The van der Waals surface area contributed by atoms with E-state index in [2.05, 4.69) is 30.9 Å². The fourth-order valence-electron chi connectivity index (χ4n) is 6.35. The number of carbonyl (C=O) groups is 1. The monoisotopic (exact) mass is 452 g/mol. The van der Waals surface area contributed by atoms with Crippen LogP contribution in [-0.4, -0.2) is 25.3 Å². The van der Waals surface area contributed by atoms with Crippen molar-refractivity contribution in [2.24, 2.45) is 5.92 Å². The lowest BCUT2D eigenvalue weighted by Gasteiger charge is -2.48. The van der Waals surface area contributed by atoms with Crippen LogP contribution in [0.1, 0.15) is 40.7 Å². The van der Waals surface area contributed by atoms with Gasteiger partial charge in [-0.3, -0.25) is 0 Å². The zero-order chi connectivity index (χ0) is 23.3. The van der Waals surface area contributed by atoms with E-state index in [4.69, 9.17) is 14.2 Å². The molecule has 3 aliphatic rings. The minimum atomic E-state index is -0.333. The third kappa shape index (κ3) is 3.08. The average Bonchev–Trinajstić information content (AvgIpc) is 3.25. The summed E-state index contributed by atoms with van der Waals surface area (Å²) in [7, 11) is 1.68. The second kappa shape index (κ2) is 8.05. The smallest absolute Gasteiger partial charge is 0.338 e. The highest BCUT2D eigenvalue weighted by atomic mass is 16.6. The molecule has 0 saturated heterocycles. The van der Waals surface area contributed by atoms with Crippen LogP contribution in [0.25, 0.3) is 11.1 Å². The normalized spacial score (nSPS) is 26.2. The maximum Gasteiger partial charge on any atom is 0.338 e. The maximum absolute atomic E-state index is 13.2. The van der Waals surface area contributed by atoms with Crippen molar-refractivity contribution in [1.29, 1.82) is 0 Å². The Morgan fingerprint density at radius 3 is 2.53 bits per heavy atom.